The SMILES string of the molecule is CC(=O)N(CCC(=O)Nc1ccc(F)cc1F)c1cccc(C)c1. The van der Waals surface area contributed by atoms with E-state index < -0.39 is 17.5 Å². The average Bonchev–Trinajstić information content (AvgIpc) is 2.50. The van der Waals surface area contributed by atoms with Gasteiger partial charge in [-0.3, -0.25) is 9.59 Å². The van der Waals surface area contributed by atoms with Gasteiger partial charge in [-0.2, -0.15) is 0 Å². The molecule has 0 unspecified atom stereocenters. The van der Waals surface area contributed by atoms with Crippen molar-refractivity contribution >= 4 is 23.2 Å². The molecule has 0 aromatic heterocycles. The maximum absolute atomic E-state index is 13.5. The Bertz CT molecular complexity index is 762. The third-order valence-corrected chi connectivity index (χ3v) is 3.46. The summed E-state index contributed by atoms with van der Waals surface area (Å²) >= 11 is 0. The molecule has 2 rings (SSSR count). The van der Waals surface area contributed by atoms with E-state index in [-0.39, 0.29) is 24.6 Å². The van der Waals surface area contributed by atoms with Crippen LogP contribution in [0.15, 0.2) is 42.5 Å². The minimum atomic E-state index is -0.842. The van der Waals surface area contributed by atoms with Crippen LogP contribution in [0.25, 0.3) is 0 Å². The first-order valence-electron chi connectivity index (χ1n) is 7.46. The van der Waals surface area contributed by atoms with Crippen LogP contribution < -0.4 is 10.2 Å². The van der Waals surface area contributed by atoms with E-state index in [9.17, 15) is 18.4 Å². The minimum Gasteiger partial charge on any atom is -0.324 e. The zero-order valence-corrected chi connectivity index (χ0v) is 13.5. The van der Waals surface area contributed by atoms with E-state index in [2.05, 4.69) is 5.32 Å². The average molecular weight is 332 g/mol. The van der Waals surface area contributed by atoms with Crippen molar-refractivity contribution in [2.75, 3.05) is 16.8 Å². The van der Waals surface area contributed by atoms with Gasteiger partial charge in [-0.1, -0.05) is 12.1 Å². The Kier molecular flexibility index (Phi) is 5.63. The molecule has 0 aliphatic heterocycles. The molecule has 0 heterocycles. The predicted octanol–water partition coefficient (Wildman–Crippen LogP) is 3.65. The standard InChI is InChI=1S/C18H18F2N2O2/c1-12-4-3-5-15(10-12)22(13(2)23)9-8-18(24)21-17-7-6-14(19)11-16(17)20/h3-7,10-11H,8-9H2,1-2H3,(H,21,24). The molecular formula is C18H18F2N2O2. The molecule has 0 aliphatic rings. The molecule has 126 valence electrons. The topological polar surface area (TPSA) is 49.4 Å². The number of rotatable bonds is 5. The number of nitrogens with zero attached hydrogens (tertiary/aromatic N) is 1. The second kappa shape index (κ2) is 7.68. The molecule has 0 saturated carbocycles. The largest absolute Gasteiger partial charge is 0.324 e. The van der Waals surface area contributed by atoms with Gasteiger partial charge in [0, 0.05) is 31.6 Å². The second-order valence-corrected chi connectivity index (χ2v) is 5.43. The lowest BCUT2D eigenvalue weighted by Crippen LogP contribution is -2.32. The van der Waals surface area contributed by atoms with Crippen LogP contribution in [0.1, 0.15) is 18.9 Å². The van der Waals surface area contributed by atoms with Crippen LogP contribution in [-0.4, -0.2) is 18.4 Å². The highest BCUT2D eigenvalue weighted by Gasteiger charge is 2.14. The van der Waals surface area contributed by atoms with E-state index in [4.69, 9.17) is 0 Å². The summed E-state index contributed by atoms with van der Waals surface area (Å²) in [4.78, 5) is 25.3. The Balaban J connectivity index is 2.01. The maximum atomic E-state index is 13.5. The Morgan fingerprint density at radius 2 is 1.88 bits per heavy atom. The van der Waals surface area contributed by atoms with Gasteiger partial charge in [0.25, 0.3) is 0 Å². The quantitative estimate of drug-likeness (QED) is 0.908. The highest BCUT2D eigenvalue weighted by Crippen LogP contribution is 2.18. The summed E-state index contributed by atoms with van der Waals surface area (Å²) < 4.78 is 26.4. The molecule has 0 radical (unpaired) electrons. The molecule has 0 atom stereocenters. The highest BCUT2D eigenvalue weighted by atomic mass is 19.1. The van der Waals surface area contributed by atoms with E-state index in [1.54, 1.807) is 6.07 Å². The normalized spacial score (nSPS) is 10.3. The molecular weight excluding hydrogens is 314 g/mol. The Morgan fingerprint density at radius 1 is 1.12 bits per heavy atom. The molecule has 0 saturated heterocycles. The molecule has 4 nitrogen and oxygen atoms in total. The van der Waals surface area contributed by atoms with Crippen molar-refractivity contribution < 1.29 is 18.4 Å². The van der Waals surface area contributed by atoms with Gasteiger partial charge in [0.2, 0.25) is 11.8 Å². The maximum Gasteiger partial charge on any atom is 0.226 e. The number of nitrogens with one attached hydrogen (secondary N) is 1. The Hall–Kier alpha value is -2.76. The first kappa shape index (κ1) is 17.6. The van der Waals surface area contributed by atoms with Crippen LogP contribution in [0, 0.1) is 18.6 Å². The van der Waals surface area contributed by atoms with E-state index in [1.807, 2.05) is 25.1 Å². The van der Waals surface area contributed by atoms with Crippen LogP contribution in [-0.2, 0) is 9.59 Å². The molecule has 0 aliphatic carbocycles. The molecule has 24 heavy (non-hydrogen) atoms. The van der Waals surface area contributed by atoms with Crippen LogP contribution in [0.4, 0.5) is 20.2 Å². The van der Waals surface area contributed by atoms with E-state index >= 15 is 0 Å². The number of halogens is 2. The zero-order chi connectivity index (χ0) is 17.7. The van der Waals surface area contributed by atoms with Crippen molar-refractivity contribution in [3.8, 4) is 0 Å². The van der Waals surface area contributed by atoms with Crippen molar-refractivity contribution in [1.82, 2.24) is 0 Å². The van der Waals surface area contributed by atoms with Gasteiger partial charge < -0.3 is 10.2 Å². The fourth-order valence-corrected chi connectivity index (χ4v) is 2.28. The van der Waals surface area contributed by atoms with Gasteiger partial charge >= 0.3 is 0 Å². The predicted molar refractivity (Wildman–Crippen MR) is 88.8 cm³/mol. The number of aryl methyl sites for hydroxylation is 1. The van der Waals surface area contributed by atoms with Crippen molar-refractivity contribution in [1.29, 1.82) is 0 Å². The van der Waals surface area contributed by atoms with Crippen molar-refractivity contribution in [3.63, 3.8) is 0 Å². The van der Waals surface area contributed by atoms with Crippen molar-refractivity contribution in [2.24, 2.45) is 0 Å². The highest BCUT2D eigenvalue weighted by molar-refractivity contribution is 5.94. The summed E-state index contributed by atoms with van der Waals surface area (Å²) in [6, 6.07) is 10.3. The van der Waals surface area contributed by atoms with Crippen LogP contribution in [0.3, 0.4) is 0 Å². The fraction of sp³-hybridized carbons (Fsp3) is 0.222. The second-order valence-electron chi connectivity index (χ2n) is 5.43. The molecule has 0 spiro atoms. The molecule has 2 amide bonds. The van der Waals surface area contributed by atoms with Crippen LogP contribution in [0.2, 0.25) is 0 Å². The monoisotopic (exact) mass is 332 g/mol. The molecule has 6 heteroatoms. The summed E-state index contributed by atoms with van der Waals surface area (Å²) in [7, 11) is 0. The van der Waals surface area contributed by atoms with Gasteiger partial charge in [0.15, 0.2) is 0 Å². The van der Waals surface area contributed by atoms with Gasteiger partial charge in [-0.05, 0) is 36.8 Å². The number of hydrogen-bond acceptors (Lipinski definition) is 2. The number of hydrogen-bond donors (Lipinski definition) is 1. The van der Waals surface area contributed by atoms with E-state index in [0.29, 0.717) is 11.8 Å². The molecule has 2 aromatic rings. The number of anilines is 2. The molecule has 1 N–H and O–H groups in total. The third-order valence-electron chi connectivity index (χ3n) is 3.46. The number of amides is 2. The molecule has 0 fully saturated rings. The van der Waals surface area contributed by atoms with E-state index in [1.165, 1.54) is 11.8 Å². The van der Waals surface area contributed by atoms with Gasteiger partial charge in [-0.15, -0.1) is 0 Å². The van der Waals surface area contributed by atoms with E-state index in [0.717, 1.165) is 17.7 Å². The lowest BCUT2D eigenvalue weighted by Gasteiger charge is -2.21. The number of carbonyl (C=O) groups is 2. The van der Waals surface area contributed by atoms with Crippen molar-refractivity contribution in [2.45, 2.75) is 20.3 Å². The first-order valence-corrected chi connectivity index (χ1v) is 7.46. The molecule has 2 aromatic carbocycles. The van der Waals surface area contributed by atoms with Gasteiger partial charge in [0.1, 0.15) is 11.6 Å². The Morgan fingerprint density at radius 3 is 2.50 bits per heavy atom. The van der Waals surface area contributed by atoms with Crippen LogP contribution >= 0.6 is 0 Å². The summed E-state index contributed by atoms with van der Waals surface area (Å²) in [5, 5.41) is 2.38. The first-order chi connectivity index (χ1) is 11.4. The number of benzene rings is 2. The lowest BCUT2D eigenvalue weighted by molar-refractivity contribution is -0.117. The van der Waals surface area contributed by atoms with Crippen LogP contribution in [0.5, 0.6) is 0 Å². The summed E-state index contributed by atoms with van der Waals surface area (Å²) in [6.45, 7) is 3.49. The minimum absolute atomic E-state index is 0.00958. The molecule has 0 bridgehead atoms. The Labute approximate surface area is 139 Å². The van der Waals surface area contributed by atoms with Gasteiger partial charge in [0.05, 0.1) is 5.69 Å². The van der Waals surface area contributed by atoms with Crippen molar-refractivity contribution in [3.05, 3.63) is 59.7 Å². The lowest BCUT2D eigenvalue weighted by atomic mass is 10.2. The smallest absolute Gasteiger partial charge is 0.226 e. The zero-order valence-electron chi connectivity index (χ0n) is 13.5. The summed E-state index contributed by atoms with van der Waals surface area (Å²) in [5.41, 5.74) is 1.60. The van der Waals surface area contributed by atoms with Gasteiger partial charge in [-0.25, -0.2) is 8.78 Å². The number of carbonyl (C=O) groups excluding carboxylic acids is 2. The summed E-state index contributed by atoms with van der Waals surface area (Å²) in [6.07, 6.45) is -0.00958. The fourth-order valence-electron chi connectivity index (χ4n) is 2.28. The summed E-state index contributed by atoms with van der Waals surface area (Å²) in [5.74, 6) is -2.21. The third kappa shape index (κ3) is 4.62.